The smallest absolute Gasteiger partial charge is 0.0798 e. The van der Waals surface area contributed by atoms with Crippen LogP contribution in [0.4, 0.5) is 5.69 Å². The number of rotatable bonds is 6. The van der Waals surface area contributed by atoms with E-state index in [0.717, 1.165) is 23.3 Å². The van der Waals surface area contributed by atoms with Crippen molar-refractivity contribution in [3.63, 3.8) is 0 Å². The normalized spacial score (nSPS) is 12.4. The van der Waals surface area contributed by atoms with Crippen molar-refractivity contribution in [2.24, 2.45) is 0 Å². The van der Waals surface area contributed by atoms with Crippen LogP contribution in [0.25, 0.3) is 0 Å². The van der Waals surface area contributed by atoms with Crippen LogP contribution in [0, 0.1) is 6.92 Å². The monoisotopic (exact) mass is 367 g/mol. The second-order valence-corrected chi connectivity index (χ2v) is 7.05. The van der Waals surface area contributed by atoms with Crippen LogP contribution in [0.15, 0.2) is 28.2 Å². The van der Waals surface area contributed by atoms with E-state index in [-0.39, 0.29) is 0 Å². The molecule has 5 heteroatoms. The van der Waals surface area contributed by atoms with Gasteiger partial charge in [0.25, 0.3) is 0 Å². The second kappa shape index (κ2) is 7.38. The van der Waals surface area contributed by atoms with Gasteiger partial charge in [-0.3, -0.25) is 0 Å². The number of hydrogen-bond acceptors (Lipinski definition) is 4. The third kappa shape index (κ3) is 4.05. The molecule has 0 spiro atoms. The van der Waals surface area contributed by atoms with Gasteiger partial charge in [-0.25, -0.2) is 4.98 Å². The summed E-state index contributed by atoms with van der Waals surface area (Å²) < 4.78 is 1.12. The quantitative estimate of drug-likeness (QED) is 0.813. The van der Waals surface area contributed by atoms with E-state index in [4.69, 9.17) is 0 Å². The van der Waals surface area contributed by atoms with Gasteiger partial charge in [0, 0.05) is 28.1 Å². The molecule has 0 aliphatic rings. The summed E-state index contributed by atoms with van der Waals surface area (Å²) in [4.78, 5) is 7.96. The van der Waals surface area contributed by atoms with Crippen LogP contribution in [0.5, 0.6) is 0 Å². The van der Waals surface area contributed by atoms with Gasteiger partial charge in [0.15, 0.2) is 0 Å². The number of hydrogen-bond donors (Lipinski definition) is 1. The first kappa shape index (κ1) is 16.5. The lowest BCUT2D eigenvalue weighted by Crippen LogP contribution is -2.23. The van der Waals surface area contributed by atoms with Gasteiger partial charge >= 0.3 is 0 Å². The number of benzene rings is 1. The Hall–Kier alpha value is -0.910. The molecular formula is C16H22BrN3S. The molecule has 0 fully saturated rings. The molecule has 2 rings (SSSR count). The van der Waals surface area contributed by atoms with Gasteiger partial charge in [0.05, 0.1) is 17.7 Å². The van der Waals surface area contributed by atoms with Crippen molar-refractivity contribution in [2.75, 3.05) is 18.5 Å². The first-order valence-electron chi connectivity index (χ1n) is 7.15. The number of aromatic nitrogens is 1. The van der Waals surface area contributed by atoms with Crippen LogP contribution in [-0.2, 0) is 6.54 Å². The Morgan fingerprint density at radius 3 is 2.81 bits per heavy atom. The summed E-state index contributed by atoms with van der Waals surface area (Å²) in [6.07, 6.45) is 0. The van der Waals surface area contributed by atoms with E-state index < -0.39 is 0 Å². The van der Waals surface area contributed by atoms with Crippen molar-refractivity contribution in [1.82, 2.24) is 10.3 Å². The molecular weight excluding hydrogens is 346 g/mol. The van der Waals surface area contributed by atoms with E-state index in [2.05, 4.69) is 77.1 Å². The van der Waals surface area contributed by atoms with E-state index in [9.17, 15) is 0 Å². The SMILES string of the molecule is CCNC(C)c1cc(Br)ccc1N(C)Cc1scnc1C. The lowest BCUT2D eigenvalue weighted by Gasteiger charge is -2.25. The zero-order chi connectivity index (χ0) is 15.4. The Balaban J connectivity index is 2.27. The summed E-state index contributed by atoms with van der Waals surface area (Å²) in [5, 5.41) is 3.50. The van der Waals surface area contributed by atoms with E-state index >= 15 is 0 Å². The van der Waals surface area contributed by atoms with Gasteiger partial charge in [0.1, 0.15) is 0 Å². The topological polar surface area (TPSA) is 28.2 Å². The minimum Gasteiger partial charge on any atom is -0.369 e. The Kier molecular flexibility index (Phi) is 5.79. The third-order valence-corrected chi connectivity index (χ3v) is 5.02. The minimum atomic E-state index is 0.326. The van der Waals surface area contributed by atoms with E-state index in [1.807, 2.05) is 5.51 Å². The van der Waals surface area contributed by atoms with Crippen molar-refractivity contribution < 1.29 is 0 Å². The maximum absolute atomic E-state index is 4.34. The van der Waals surface area contributed by atoms with Gasteiger partial charge in [-0.2, -0.15) is 0 Å². The second-order valence-electron chi connectivity index (χ2n) is 5.20. The summed E-state index contributed by atoms with van der Waals surface area (Å²) >= 11 is 5.31. The molecule has 0 amide bonds. The van der Waals surface area contributed by atoms with Crippen LogP contribution in [0.1, 0.15) is 36.0 Å². The summed E-state index contributed by atoms with van der Waals surface area (Å²) in [5.41, 5.74) is 5.63. The highest BCUT2D eigenvalue weighted by Gasteiger charge is 2.15. The van der Waals surface area contributed by atoms with Gasteiger partial charge in [-0.1, -0.05) is 22.9 Å². The molecule has 1 aromatic carbocycles. The molecule has 0 bridgehead atoms. The molecule has 0 saturated carbocycles. The highest BCUT2D eigenvalue weighted by molar-refractivity contribution is 9.10. The molecule has 1 heterocycles. The number of anilines is 1. The molecule has 0 aliphatic heterocycles. The van der Waals surface area contributed by atoms with Crippen molar-refractivity contribution >= 4 is 33.0 Å². The zero-order valence-electron chi connectivity index (χ0n) is 13.0. The number of nitrogens with one attached hydrogen (secondary N) is 1. The molecule has 21 heavy (non-hydrogen) atoms. The number of halogens is 1. The summed E-state index contributed by atoms with van der Waals surface area (Å²) in [6.45, 7) is 8.28. The Morgan fingerprint density at radius 1 is 1.43 bits per heavy atom. The molecule has 1 aromatic heterocycles. The van der Waals surface area contributed by atoms with Crippen molar-refractivity contribution in [3.05, 3.63) is 44.3 Å². The Morgan fingerprint density at radius 2 is 2.19 bits per heavy atom. The number of aryl methyl sites for hydroxylation is 1. The number of nitrogens with zero attached hydrogens (tertiary/aromatic N) is 2. The van der Waals surface area contributed by atoms with Crippen LogP contribution in [0.3, 0.4) is 0 Å². The Bertz CT molecular complexity index is 597. The molecule has 3 nitrogen and oxygen atoms in total. The van der Waals surface area contributed by atoms with Gasteiger partial charge in [-0.15, -0.1) is 11.3 Å². The molecule has 1 N–H and O–H groups in total. The van der Waals surface area contributed by atoms with Crippen molar-refractivity contribution in [1.29, 1.82) is 0 Å². The van der Waals surface area contributed by atoms with E-state index in [1.165, 1.54) is 16.1 Å². The fourth-order valence-corrected chi connectivity index (χ4v) is 3.62. The zero-order valence-corrected chi connectivity index (χ0v) is 15.4. The predicted octanol–water partition coefficient (Wildman–Crippen LogP) is 4.52. The maximum Gasteiger partial charge on any atom is 0.0798 e. The van der Waals surface area contributed by atoms with Crippen LogP contribution in [-0.4, -0.2) is 18.6 Å². The third-order valence-electron chi connectivity index (χ3n) is 3.60. The first-order valence-corrected chi connectivity index (χ1v) is 8.83. The summed E-state index contributed by atoms with van der Waals surface area (Å²) in [5.74, 6) is 0. The standard InChI is InChI=1S/C16H22BrN3S/c1-5-18-11(2)14-8-13(17)6-7-15(14)20(4)9-16-12(3)19-10-21-16/h6-8,10-11,18H,5,9H2,1-4H3. The van der Waals surface area contributed by atoms with E-state index in [0.29, 0.717) is 6.04 Å². The van der Waals surface area contributed by atoms with Gasteiger partial charge in [0.2, 0.25) is 0 Å². The van der Waals surface area contributed by atoms with Gasteiger partial charge in [-0.05, 0) is 44.2 Å². The molecule has 2 aromatic rings. The van der Waals surface area contributed by atoms with Crippen LogP contribution < -0.4 is 10.2 Å². The van der Waals surface area contributed by atoms with Crippen LogP contribution in [0.2, 0.25) is 0 Å². The summed E-state index contributed by atoms with van der Waals surface area (Å²) in [7, 11) is 2.14. The molecule has 0 radical (unpaired) electrons. The lowest BCUT2D eigenvalue weighted by atomic mass is 10.1. The number of thiazole rings is 1. The van der Waals surface area contributed by atoms with Crippen molar-refractivity contribution in [2.45, 2.75) is 33.4 Å². The summed E-state index contributed by atoms with van der Waals surface area (Å²) in [6, 6.07) is 6.82. The average molecular weight is 368 g/mol. The van der Waals surface area contributed by atoms with E-state index in [1.54, 1.807) is 11.3 Å². The molecule has 0 saturated heterocycles. The maximum atomic E-state index is 4.34. The molecule has 1 atom stereocenters. The van der Waals surface area contributed by atoms with Crippen molar-refractivity contribution in [3.8, 4) is 0 Å². The molecule has 114 valence electrons. The fraction of sp³-hybridized carbons (Fsp3) is 0.438. The first-order chi connectivity index (χ1) is 10.0. The highest BCUT2D eigenvalue weighted by atomic mass is 79.9. The Labute approximate surface area is 139 Å². The largest absolute Gasteiger partial charge is 0.369 e. The average Bonchev–Trinajstić information content (AvgIpc) is 2.84. The predicted molar refractivity (Wildman–Crippen MR) is 95.2 cm³/mol. The molecule has 0 aliphatic carbocycles. The lowest BCUT2D eigenvalue weighted by molar-refractivity contribution is 0.596. The molecule has 1 unspecified atom stereocenters. The van der Waals surface area contributed by atoms with Crippen LogP contribution >= 0.6 is 27.3 Å². The highest BCUT2D eigenvalue weighted by Crippen LogP contribution is 2.30. The fourth-order valence-electron chi connectivity index (χ4n) is 2.41. The van der Waals surface area contributed by atoms with Gasteiger partial charge < -0.3 is 10.2 Å². The minimum absolute atomic E-state index is 0.326.